The van der Waals surface area contributed by atoms with Gasteiger partial charge in [-0.15, -0.1) is 0 Å². The molecule has 2 N–H and O–H groups in total. The Morgan fingerprint density at radius 3 is 2.68 bits per heavy atom. The molecular formula is C28H38N7O5P. The molecule has 1 aliphatic rings. The number of hydrogen-bond acceptors (Lipinski definition) is 10. The molecule has 1 unspecified atom stereocenters. The third kappa shape index (κ3) is 7.43. The van der Waals surface area contributed by atoms with Gasteiger partial charge in [0.1, 0.15) is 12.6 Å². The molecule has 4 rings (SSSR count). The maximum Gasteiger partial charge on any atom is 0.259 e. The Bertz CT molecular complexity index is 1320. The predicted octanol–water partition coefficient (Wildman–Crippen LogP) is 4.80. The minimum Gasteiger partial charge on any atom is -0.396 e. The van der Waals surface area contributed by atoms with Gasteiger partial charge in [0.25, 0.3) is 14.4 Å². The quantitative estimate of drug-likeness (QED) is 0.200. The van der Waals surface area contributed by atoms with Crippen molar-refractivity contribution in [1.82, 2.24) is 24.2 Å². The van der Waals surface area contributed by atoms with Gasteiger partial charge in [-0.1, -0.05) is 18.2 Å². The van der Waals surface area contributed by atoms with E-state index in [4.69, 9.17) is 19.0 Å². The predicted molar refractivity (Wildman–Crippen MR) is 155 cm³/mol. The molecule has 0 bridgehead atoms. The number of aromatic nitrogens is 4. The zero-order chi connectivity index (χ0) is 29.4. The van der Waals surface area contributed by atoms with E-state index in [1.165, 1.54) is 6.33 Å². The number of ether oxygens (including phenoxy) is 1. The third-order valence-electron chi connectivity index (χ3n) is 6.84. The number of rotatable bonds is 14. The number of nitrogens with zero attached hydrogens (tertiary/aromatic N) is 6. The van der Waals surface area contributed by atoms with E-state index in [2.05, 4.69) is 58.7 Å². The molecule has 13 heteroatoms. The number of anilines is 1. The average molecular weight is 584 g/mol. The fourth-order valence-electron chi connectivity index (χ4n) is 4.96. The third-order valence-corrected chi connectivity index (χ3v) is 8.89. The van der Waals surface area contributed by atoms with Crippen LogP contribution < -0.4 is 5.32 Å². The number of fused-ring (bicyclic) bond motifs is 1. The van der Waals surface area contributed by atoms with Gasteiger partial charge in [0.15, 0.2) is 17.0 Å². The first-order chi connectivity index (χ1) is 19.8. The van der Waals surface area contributed by atoms with Crippen LogP contribution in [0.3, 0.4) is 0 Å². The van der Waals surface area contributed by atoms with Crippen LogP contribution in [0.1, 0.15) is 70.0 Å². The molecule has 0 saturated carbocycles. The lowest BCUT2D eigenvalue weighted by molar-refractivity contribution is -0.103. The smallest absolute Gasteiger partial charge is 0.259 e. The van der Waals surface area contributed by atoms with Gasteiger partial charge >= 0.3 is 0 Å². The van der Waals surface area contributed by atoms with E-state index in [1.807, 2.05) is 10.6 Å². The number of aliphatic hydroxyl groups excluding tert-OH is 1. The molecule has 0 aliphatic carbocycles. The Labute approximate surface area is 241 Å². The van der Waals surface area contributed by atoms with E-state index in [9.17, 15) is 9.90 Å². The Kier molecular flexibility index (Phi) is 10.7. The van der Waals surface area contributed by atoms with Crippen LogP contribution in [-0.2, 0) is 13.8 Å². The highest BCUT2D eigenvalue weighted by Gasteiger charge is 2.43. The van der Waals surface area contributed by atoms with E-state index < -0.39 is 20.4 Å². The lowest BCUT2D eigenvalue weighted by Crippen LogP contribution is -2.38. The molecule has 12 nitrogen and oxygen atoms in total. The van der Waals surface area contributed by atoms with E-state index in [0.717, 1.165) is 0 Å². The first kappa shape index (κ1) is 30.9. The highest BCUT2D eigenvalue weighted by Crippen LogP contribution is 2.49. The van der Waals surface area contributed by atoms with Crippen molar-refractivity contribution >= 4 is 31.4 Å². The minimum absolute atomic E-state index is 0.0656. The number of nitriles is 1. The number of aliphatic hydroxyl groups is 1. The SMILES string of the molecule is CC(C)N(C(C)C)P(OCCC#N)OC[C@]1(CCO)CC[C@H](n2cnc3c(NC(=O)c4ccccc4)ncnc32)O1. The first-order valence-corrected chi connectivity index (χ1v) is 15.0. The topological polar surface area (TPSA) is 148 Å². The molecule has 0 spiro atoms. The fourth-order valence-corrected chi connectivity index (χ4v) is 6.65. The second-order valence-electron chi connectivity index (χ2n) is 10.5. The van der Waals surface area contributed by atoms with Gasteiger partial charge in [-0.25, -0.2) is 19.6 Å². The number of nitrogens with one attached hydrogen (secondary N) is 1. The number of benzene rings is 1. The lowest BCUT2D eigenvalue weighted by Gasteiger charge is -2.38. The number of carbonyl (C=O) groups is 1. The molecule has 220 valence electrons. The number of carbonyl (C=O) groups excluding carboxylic acids is 1. The van der Waals surface area contributed by atoms with Crippen molar-refractivity contribution in [1.29, 1.82) is 5.26 Å². The molecule has 2 aromatic heterocycles. The van der Waals surface area contributed by atoms with Crippen molar-refractivity contribution in [3.05, 3.63) is 48.5 Å². The summed E-state index contributed by atoms with van der Waals surface area (Å²) >= 11 is 0. The van der Waals surface area contributed by atoms with Gasteiger partial charge in [0, 0.05) is 30.7 Å². The van der Waals surface area contributed by atoms with Gasteiger partial charge in [-0.05, 0) is 52.7 Å². The van der Waals surface area contributed by atoms with Crippen LogP contribution in [0.4, 0.5) is 5.82 Å². The van der Waals surface area contributed by atoms with Crippen molar-refractivity contribution in [2.75, 3.05) is 25.1 Å². The van der Waals surface area contributed by atoms with E-state index >= 15 is 0 Å². The zero-order valence-corrected chi connectivity index (χ0v) is 24.8. The van der Waals surface area contributed by atoms with E-state index in [1.54, 1.807) is 30.6 Å². The normalized spacial score (nSPS) is 19.7. The highest BCUT2D eigenvalue weighted by atomic mass is 31.2. The Morgan fingerprint density at radius 2 is 2.00 bits per heavy atom. The molecule has 41 heavy (non-hydrogen) atoms. The molecular weight excluding hydrogens is 545 g/mol. The van der Waals surface area contributed by atoms with Crippen molar-refractivity contribution in [2.24, 2.45) is 0 Å². The first-order valence-electron chi connectivity index (χ1n) is 13.8. The molecule has 3 aromatic rings. The number of hydrogen-bond donors (Lipinski definition) is 2. The minimum atomic E-state index is -1.45. The summed E-state index contributed by atoms with van der Waals surface area (Å²) < 4.78 is 23.0. The number of amides is 1. The van der Waals surface area contributed by atoms with Gasteiger partial charge in [0.2, 0.25) is 0 Å². The summed E-state index contributed by atoms with van der Waals surface area (Å²) in [6.45, 7) is 8.77. The molecule has 3 heterocycles. The standard InChI is InChI=1S/C28H38N7O5P/c1-20(2)35(21(3)4)41(38-16-8-14-29)39-17-28(13-15-36)12-11-23(40-28)34-19-32-24-25(30-18-31-26(24)34)33-27(37)22-9-6-5-7-10-22/h5-7,9-10,18-21,23,36H,8,11-13,15-17H2,1-4H3,(H,30,31,33,37)/t23-,28-,41?/m1/s1. The van der Waals surface area contributed by atoms with Crippen LogP contribution in [0.5, 0.6) is 0 Å². The van der Waals surface area contributed by atoms with Crippen LogP contribution >= 0.6 is 8.53 Å². The van der Waals surface area contributed by atoms with Crippen molar-refractivity contribution in [3.8, 4) is 6.07 Å². The molecule has 1 aliphatic heterocycles. The molecule has 1 saturated heterocycles. The molecule has 1 amide bonds. The molecule has 1 fully saturated rings. The summed E-state index contributed by atoms with van der Waals surface area (Å²) in [5, 5.41) is 21.8. The maximum absolute atomic E-state index is 12.7. The van der Waals surface area contributed by atoms with Crippen molar-refractivity contribution in [2.45, 2.75) is 77.3 Å². The van der Waals surface area contributed by atoms with Crippen LogP contribution in [0, 0.1) is 11.3 Å². The Balaban J connectivity index is 1.51. The van der Waals surface area contributed by atoms with Crippen LogP contribution in [0.25, 0.3) is 11.2 Å². The van der Waals surface area contributed by atoms with Crippen LogP contribution in [0.15, 0.2) is 43.0 Å². The van der Waals surface area contributed by atoms with Gasteiger partial charge in [-0.3, -0.25) is 9.36 Å². The highest BCUT2D eigenvalue weighted by molar-refractivity contribution is 7.44. The van der Waals surface area contributed by atoms with Crippen LogP contribution in [0.2, 0.25) is 0 Å². The van der Waals surface area contributed by atoms with E-state index in [0.29, 0.717) is 41.8 Å². The van der Waals surface area contributed by atoms with Crippen molar-refractivity contribution < 1.29 is 23.7 Å². The molecule has 1 aromatic carbocycles. The summed E-state index contributed by atoms with van der Waals surface area (Å²) in [6, 6.07) is 11.3. The Morgan fingerprint density at radius 1 is 1.24 bits per heavy atom. The summed E-state index contributed by atoms with van der Waals surface area (Å²) in [5.41, 5.74) is 0.750. The summed E-state index contributed by atoms with van der Waals surface area (Å²) in [4.78, 5) is 25.9. The zero-order valence-electron chi connectivity index (χ0n) is 23.9. The van der Waals surface area contributed by atoms with Gasteiger partial charge in [0.05, 0.1) is 37.6 Å². The maximum atomic E-state index is 12.7. The van der Waals surface area contributed by atoms with Gasteiger partial charge in [-0.2, -0.15) is 5.26 Å². The fraction of sp³-hybridized carbons (Fsp3) is 0.536. The monoisotopic (exact) mass is 583 g/mol. The summed E-state index contributed by atoms with van der Waals surface area (Å²) in [6.07, 6.45) is 4.57. The second-order valence-corrected chi connectivity index (χ2v) is 11.9. The Hall–Kier alpha value is -3.04. The second kappa shape index (κ2) is 14.2. The van der Waals surface area contributed by atoms with E-state index in [-0.39, 0.29) is 44.2 Å². The summed E-state index contributed by atoms with van der Waals surface area (Å²) in [7, 11) is -1.45. The number of imidazole rings is 1. The lowest BCUT2D eigenvalue weighted by atomic mass is 9.97. The largest absolute Gasteiger partial charge is 0.396 e. The van der Waals surface area contributed by atoms with Gasteiger partial charge < -0.3 is 24.2 Å². The molecule has 0 radical (unpaired) electrons. The molecule has 3 atom stereocenters. The van der Waals surface area contributed by atoms with Crippen molar-refractivity contribution in [3.63, 3.8) is 0 Å². The average Bonchev–Trinajstić information content (AvgIpc) is 3.57. The summed E-state index contributed by atoms with van der Waals surface area (Å²) in [5.74, 6) is 0.0230. The van der Waals surface area contributed by atoms with Crippen LogP contribution in [-0.4, -0.2) is 72.7 Å².